The number of aromatic nitrogens is 2. The molecule has 0 bridgehead atoms. The molecule has 0 amide bonds. The van der Waals surface area contributed by atoms with Crippen LogP contribution in [0.15, 0.2) is 6.20 Å². The molecule has 4 heteroatoms. The highest BCUT2D eigenvalue weighted by molar-refractivity contribution is 7.09. The molecule has 2 unspecified atom stereocenters. The summed E-state index contributed by atoms with van der Waals surface area (Å²) in [5.74, 6) is 0.732. The fourth-order valence-corrected chi connectivity index (χ4v) is 3.06. The molecule has 1 aliphatic carbocycles. The standard InChI is InChI=1S/C11H19N3S/c1-8-6-11(2,3)5-4-9(8)13-10-7-12-14-15-10/h7-9,13H,4-6H2,1-3H3. The average Bonchev–Trinajstić information content (AvgIpc) is 2.61. The second kappa shape index (κ2) is 4.08. The summed E-state index contributed by atoms with van der Waals surface area (Å²) in [6.45, 7) is 7.08. The zero-order valence-electron chi connectivity index (χ0n) is 9.66. The van der Waals surface area contributed by atoms with Crippen LogP contribution in [0.4, 0.5) is 5.00 Å². The van der Waals surface area contributed by atoms with Crippen molar-refractivity contribution in [2.45, 2.75) is 46.1 Å². The number of hydrogen-bond acceptors (Lipinski definition) is 4. The summed E-state index contributed by atoms with van der Waals surface area (Å²) in [5, 5.41) is 8.49. The van der Waals surface area contributed by atoms with Gasteiger partial charge in [-0.15, -0.1) is 5.10 Å². The fourth-order valence-electron chi connectivity index (χ4n) is 2.57. The lowest BCUT2D eigenvalue weighted by atomic mass is 9.70. The van der Waals surface area contributed by atoms with Crippen LogP contribution in [0, 0.1) is 11.3 Å². The molecule has 1 aromatic heterocycles. The van der Waals surface area contributed by atoms with Gasteiger partial charge in [-0.25, -0.2) is 0 Å². The Kier molecular flexibility index (Phi) is 2.96. The van der Waals surface area contributed by atoms with Crippen molar-refractivity contribution >= 4 is 16.5 Å². The van der Waals surface area contributed by atoms with Crippen LogP contribution in [0.5, 0.6) is 0 Å². The number of anilines is 1. The third-order valence-corrected chi connectivity index (χ3v) is 3.98. The summed E-state index contributed by atoms with van der Waals surface area (Å²) in [6, 6.07) is 0.597. The molecule has 1 fully saturated rings. The summed E-state index contributed by atoms with van der Waals surface area (Å²) in [7, 11) is 0. The molecule has 1 saturated carbocycles. The second-order valence-electron chi connectivity index (χ2n) is 5.42. The Morgan fingerprint density at radius 1 is 1.53 bits per heavy atom. The molecule has 0 saturated heterocycles. The molecule has 0 aromatic carbocycles. The van der Waals surface area contributed by atoms with E-state index in [1.165, 1.54) is 30.8 Å². The molecule has 1 N–H and O–H groups in total. The van der Waals surface area contributed by atoms with Gasteiger partial charge in [0.2, 0.25) is 0 Å². The molecule has 0 aliphatic heterocycles. The normalized spacial score (nSPS) is 30.1. The van der Waals surface area contributed by atoms with Crippen molar-refractivity contribution in [3.8, 4) is 0 Å². The van der Waals surface area contributed by atoms with Crippen molar-refractivity contribution in [3.63, 3.8) is 0 Å². The van der Waals surface area contributed by atoms with Gasteiger partial charge in [-0.2, -0.15) is 0 Å². The molecule has 0 spiro atoms. The second-order valence-corrected chi connectivity index (χ2v) is 6.20. The van der Waals surface area contributed by atoms with Crippen LogP contribution in [0.25, 0.3) is 0 Å². The maximum Gasteiger partial charge on any atom is 0.130 e. The van der Waals surface area contributed by atoms with Gasteiger partial charge in [0.25, 0.3) is 0 Å². The van der Waals surface area contributed by atoms with Crippen LogP contribution in [0.1, 0.15) is 40.0 Å². The van der Waals surface area contributed by atoms with Gasteiger partial charge in [-0.3, -0.25) is 0 Å². The Bertz CT molecular complexity index is 308. The highest BCUT2D eigenvalue weighted by Crippen LogP contribution is 2.39. The minimum Gasteiger partial charge on any atom is -0.371 e. The van der Waals surface area contributed by atoms with Crippen LogP contribution in [0.3, 0.4) is 0 Å². The van der Waals surface area contributed by atoms with Gasteiger partial charge in [0.15, 0.2) is 0 Å². The zero-order valence-corrected chi connectivity index (χ0v) is 10.5. The van der Waals surface area contributed by atoms with E-state index in [2.05, 4.69) is 35.7 Å². The molecule has 1 aromatic rings. The van der Waals surface area contributed by atoms with Crippen molar-refractivity contribution in [2.24, 2.45) is 11.3 Å². The van der Waals surface area contributed by atoms with E-state index in [0.717, 1.165) is 10.9 Å². The Morgan fingerprint density at radius 2 is 2.33 bits per heavy atom. The van der Waals surface area contributed by atoms with Gasteiger partial charge in [-0.1, -0.05) is 25.3 Å². The lowest BCUT2D eigenvalue weighted by molar-refractivity contribution is 0.177. The van der Waals surface area contributed by atoms with Crippen LogP contribution in [-0.2, 0) is 0 Å². The average molecular weight is 225 g/mol. The molecule has 3 nitrogen and oxygen atoms in total. The Hall–Kier alpha value is -0.640. The van der Waals surface area contributed by atoms with Crippen molar-refractivity contribution in [2.75, 3.05) is 5.32 Å². The first-order chi connectivity index (χ1) is 7.07. The maximum absolute atomic E-state index is 3.87. The van der Waals surface area contributed by atoms with Crippen LogP contribution in [0.2, 0.25) is 0 Å². The number of rotatable bonds is 2. The summed E-state index contributed by atoms with van der Waals surface area (Å²) >= 11 is 1.45. The largest absolute Gasteiger partial charge is 0.371 e. The van der Waals surface area contributed by atoms with Gasteiger partial charge in [0.1, 0.15) is 5.00 Å². The quantitative estimate of drug-likeness (QED) is 0.840. The molecule has 0 radical (unpaired) electrons. The molecular weight excluding hydrogens is 206 g/mol. The van der Waals surface area contributed by atoms with Crippen molar-refractivity contribution in [1.29, 1.82) is 0 Å². The van der Waals surface area contributed by atoms with E-state index < -0.39 is 0 Å². The first-order valence-corrected chi connectivity index (χ1v) is 6.38. The van der Waals surface area contributed by atoms with Crippen molar-refractivity contribution in [1.82, 2.24) is 9.59 Å². The highest BCUT2D eigenvalue weighted by atomic mass is 32.1. The first kappa shape index (κ1) is 10.9. The van der Waals surface area contributed by atoms with E-state index in [1.54, 1.807) is 0 Å². The molecule has 84 valence electrons. The molecule has 2 rings (SSSR count). The Balaban J connectivity index is 1.95. The van der Waals surface area contributed by atoms with Crippen LogP contribution < -0.4 is 5.32 Å². The Morgan fingerprint density at radius 3 is 2.93 bits per heavy atom. The Labute approximate surface area is 95.4 Å². The summed E-state index contributed by atoms with van der Waals surface area (Å²) in [6.07, 6.45) is 5.68. The molecule has 1 heterocycles. The van der Waals surface area contributed by atoms with Crippen molar-refractivity contribution in [3.05, 3.63) is 6.20 Å². The van der Waals surface area contributed by atoms with E-state index in [4.69, 9.17) is 0 Å². The van der Waals surface area contributed by atoms with Gasteiger partial charge in [0.05, 0.1) is 6.20 Å². The third-order valence-electron chi connectivity index (χ3n) is 3.38. The molecule has 1 aliphatic rings. The lowest BCUT2D eigenvalue weighted by Gasteiger charge is -2.39. The first-order valence-electron chi connectivity index (χ1n) is 5.61. The molecule has 15 heavy (non-hydrogen) atoms. The van der Waals surface area contributed by atoms with E-state index in [1.807, 2.05) is 6.20 Å². The minimum absolute atomic E-state index is 0.517. The minimum atomic E-state index is 0.517. The van der Waals surface area contributed by atoms with Gasteiger partial charge >= 0.3 is 0 Å². The van der Waals surface area contributed by atoms with Crippen molar-refractivity contribution < 1.29 is 0 Å². The third kappa shape index (κ3) is 2.68. The highest BCUT2D eigenvalue weighted by Gasteiger charge is 2.32. The fraction of sp³-hybridized carbons (Fsp3) is 0.818. The lowest BCUT2D eigenvalue weighted by Crippen LogP contribution is -2.36. The van der Waals surface area contributed by atoms with Gasteiger partial charge in [-0.05, 0) is 30.6 Å². The monoisotopic (exact) mass is 225 g/mol. The van der Waals surface area contributed by atoms with Crippen LogP contribution >= 0.6 is 11.5 Å². The number of nitrogens with one attached hydrogen (secondary N) is 1. The van der Waals surface area contributed by atoms with Gasteiger partial charge in [0, 0.05) is 17.6 Å². The maximum atomic E-state index is 3.87. The van der Waals surface area contributed by atoms with E-state index >= 15 is 0 Å². The van der Waals surface area contributed by atoms with E-state index in [-0.39, 0.29) is 0 Å². The smallest absolute Gasteiger partial charge is 0.130 e. The topological polar surface area (TPSA) is 37.8 Å². The SMILES string of the molecule is CC1CC(C)(C)CCC1Nc1cnns1. The number of hydrogen-bond donors (Lipinski definition) is 1. The summed E-state index contributed by atoms with van der Waals surface area (Å²) in [4.78, 5) is 0. The predicted molar refractivity (Wildman–Crippen MR) is 64.1 cm³/mol. The van der Waals surface area contributed by atoms with E-state index in [0.29, 0.717) is 11.5 Å². The molecule has 2 atom stereocenters. The van der Waals surface area contributed by atoms with Gasteiger partial charge < -0.3 is 5.32 Å². The van der Waals surface area contributed by atoms with Crippen LogP contribution in [-0.4, -0.2) is 15.6 Å². The summed E-state index contributed by atoms with van der Waals surface area (Å²) in [5.41, 5.74) is 0.517. The molecular formula is C11H19N3S. The van der Waals surface area contributed by atoms with E-state index in [9.17, 15) is 0 Å². The predicted octanol–water partition coefficient (Wildman–Crippen LogP) is 3.16. The summed E-state index contributed by atoms with van der Waals surface area (Å²) < 4.78 is 3.87. The zero-order chi connectivity index (χ0) is 10.9. The number of nitrogens with zero attached hydrogens (tertiary/aromatic N) is 2.